The van der Waals surface area contributed by atoms with Crippen LogP contribution in [-0.2, 0) is 11.3 Å². The highest BCUT2D eigenvalue weighted by molar-refractivity contribution is 5.67. The first-order chi connectivity index (χ1) is 9.06. The average Bonchev–Trinajstić information content (AvgIpc) is 2.36. The largest absolute Gasteiger partial charge is 0.481 e. The number of carboxylic acids is 1. The van der Waals surface area contributed by atoms with Gasteiger partial charge in [0.15, 0.2) is 0 Å². The van der Waals surface area contributed by atoms with Gasteiger partial charge in [0.1, 0.15) is 0 Å². The Bertz CT molecular complexity index is 421. The molecule has 0 saturated carbocycles. The van der Waals surface area contributed by atoms with Crippen molar-refractivity contribution in [3.63, 3.8) is 0 Å². The molecule has 1 aromatic rings. The van der Waals surface area contributed by atoms with Gasteiger partial charge in [-0.05, 0) is 19.5 Å². The number of hydrogen-bond donors (Lipinski definition) is 1. The van der Waals surface area contributed by atoms with Crippen LogP contribution in [0.25, 0.3) is 0 Å². The van der Waals surface area contributed by atoms with Crippen LogP contribution in [0.3, 0.4) is 0 Å². The summed E-state index contributed by atoms with van der Waals surface area (Å²) in [7, 11) is 2.03. The molecule has 1 aliphatic heterocycles. The van der Waals surface area contributed by atoms with Crippen molar-refractivity contribution in [3.8, 4) is 0 Å². The minimum Gasteiger partial charge on any atom is -0.481 e. The van der Waals surface area contributed by atoms with Crippen molar-refractivity contribution in [2.24, 2.45) is 0 Å². The Hall–Kier alpha value is -1.39. The van der Waals surface area contributed by atoms with Gasteiger partial charge in [0.05, 0.1) is 6.42 Å². The minimum absolute atomic E-state index is 0.102. The molecular weight excluding hydrogens is 240 g/mol. The molecule has 0 radical (unpaired) electrons. The fourth-order valence-corrected chi connectivity index (χ4v) is 2.74. The van der Waals surface area contributed by atoms with Crippen LogP contribution in [0.5, 0.6) is 0 Å². The number of piperazine rings is 1. The van der Waals surface area contributed by atoms with E-state index in [1.807, 2.05) is 25.2 Å². The van der Waals surface area contributed by atoms with E-state index in [0.29, 0.717) is 6.04 Å². The Morgan fingerprint density at radius 1 is 1.32 bits per heavy atom. The monoisotopic (exact) mass is 262 g/mol. The van der Waals surface area contributed by atoms with Crippen molar-refractivity contribution in [1.29, 1.82) is 0 Å². The van der Waals surface area contributed by atoms with Gasteiger partial charge in [0.2, 0.25) is 0 Å². The lowest BCUT2D eigenvalue weighted by Crippen LogP contribution is -2.56. The van der Waals surface area contributed by atoms with E-state index in [1.54, 1.807) is 0 Å². The van der Waals surface area contributed by atoms with Crippen LogP contribution in [0.2, 0.25) is 0 Å². The Morgan fingerprint density at radius 2 is 2.00 bits per heavy atom. The first kappa shape index (κ1) is 14.0. The lowest BCUT2D eigenvalue weighted by atomic mass is 10.0. The van der Waals surface area contributed by atoms with Crippen molar-refractivity contribution in [2.45, 2.75) is 32.0 Å². The zero-order chi connectivity index (χ0) is 13.8. The Labute approximate surface area is 114 Å². The maximum absolute atomic E-state index is 10.9. The molecular formula is C15H22N2O2. The van der Waals surface area contributed by atoms with Crippen molar-refractivity contribution in [2.75, 3.05) is 20.1 Å². The Morgan fingerprint density at radius 3 is 2.63 bits per heavy atom. The maximum Gasteiger partial charge on any atom is 0.304 e. The number of aliphatic carboxylic acids is 1. The maximum atomic E-state index is 10.9. The van der Waals surface area contributed by atoms with Gasteiger partial charge >= 0.3 is 5.97 Å². The molecule has 2 rings (SSSR count). The molecule has 0 bridgehead atoms. The molecule has 1 heterocycles. The highest BCUT2D eigenvalue weighted by Crippen LogP contribution is 2.18. The quantitative estimate of drug-likeness (QED) is 0.896. The van der Waals surface area contributed by atoms with Crippen molar-refractivity contribution in [1.82, 2.24) is 9.80 Å². The number of carbonyl (C=O) groups is 1. The number of hydrogen-bond acceptors (Lipinski definition) is 3. The van der Waals surface area contributed by atoms with Crippen LogP contribution >= 0.6 is 0 Å². The molecule has 1 fully saturated rings. The van der Waals surface area contributed by atoms with Gasteiger partial charge in [-0.1, -0.05) is 30.3 Å². The molecule has 0 spiro atoms. The zero-order valence-electron chi connectivity index (χ0n) is 11.6. The second-order valence-electron chi connectivity index (χ2n) is 5.45. The van der Waals surface area contributed by atoms with E-state index >= 15 is 0 Å². The van der Waals surface area contributed by atoms with Crippen molar-refractivity contribution >= 4 is 5.97 Å². The van der Waals surface area contributed by atoms with Gasteiger partial charge in [0, 0.05) is 31.7 Å². The van der Waals surface area contributed by atoms with Gasteiger partial charge in [-0.3, -0.25) is 14.6 Å². The molecule has 4 nitrogen and oxygen atoms in total. The number of rotatable bonds is 4. The third-order valence-corrected chi connectivity index (χ3v) is 3.92. The summed E-state index contributed by atoms with van der Waals surface area (Å²) in [4.78, 5) is 15.5. The topological polar surface area (TPSA) is 43.8 Å². The van der Waals surface area contributed by atoms with Gasteiger partial charge in [-0.2, -0.15) is 0 Å². The summed E-state index contributed by atoms with van der Waals surface area (Å²) in [6.07, 6.45) is 0.214. The van der Waals surface area contributed by atoms with Gasteiger partial charge in [-0.25, -0.2) is 0 Å². The molecule has 1 saturated heterocycles. The number of benzene rings is 1. The summed E-state index contributed by atoms with van der Waals surface area (Å²) in [5, 5.41) is 9.00. The summed E-state index contributed by atoms with van der Waals surface area (Å²) in [6, 6.07) is 10.8. The lowest BCUT2D eigenvalue weighted by Gasteiger charge is -2.43. The number of likely N-dealkylation sites (N-methyl/N-ethyl adjacent to an activating group) is 1. The van der Waals surface area contributed by atoms with Gasteiger partial charge < -0.3 is 5.11 Å². The van der Waals surface area contributed by atoms with Crippen LogP contribution in [0.1, 0.15) is 18.9 Å². The second kappa shape index (κ2) is 6.17. The third-order valence-electron chi connectivity index (χ3n) is 3.92. The fourth-order valence-electron chi connectivity index (χ4n) is 2.74. The van der Waals surface area contributed by atoms with Gasteiger partial charge in [-0.15, -0.1) is 0 Å². The standard InChI is InChI=1S/C15H22N2O2/c1-12-9-17(10-13-6-4-3-5-7-13)11-14(16(12)2)8-15(18)19/h3-7,12,14H,8-11H2,1-2H3,(H,18,19)/t12-,14-/m0/s1. The molecule has 1 N–H and O–H groups in total. The van der Waals surface area contributed by atoms with Gasteiger partial charge in [0.25, 0.3) is 0 Å². The normalized spacial score (nSPS) is 25.4. The SMILES string of the molecule is C[C@H]1CN(Cc2ccccc2)C[C@H](CC(=O)O)N1C. The third kappa shape index (κ3) is 3.78. The minimum atomic E-state index is -0.717. The van der Waals surface area contributed by atoms with E-state index in [0.717, 1.165) is 19.6 Å². The molecule has 0 amide bonds. The molecule has 4 heteroatoms. The van der Waals surface area contributed by atoms with E-state index in [1.165, 1.54) is 5.56 Å². The van der Waals surface area contributed by atoms with E-state index in [4.69, 9.17) is 5.11 Å². The highest BCUT2D eigenvalue weighted by Gasteiger charge is 2.30. The predicted molar refractivity (Wildman–Crippen MR) is 75.0 cm³/mol. The smallest absolute Gasteiger partial charge is 0.304 e. The molecule has 1 aromatic carbocycles. The van der Waals surface area contributed by atoms with Crippen molar-refractivity contribution in [3.05, 3.63) is 35.9 Å². The first-order valence-electron chi connectivity index (χ1n) is 6.76. The van der Waals surface area contributed by atoms with E-state index in [2.05, 4.69) is 28.9 Å². The average molecular weight is 262 g/mol. The molecule has 2 atom stereocenters. The number of carboxylic acid groups (broad SMARTS) is 1. The van der Waals surface area contributed by atoms with Crippen LogP contribution in [0, 0.1) is 0 Å². The molecule has 19 heavy (non-hydrogen) atoms. The van der Waals surface area contributed by atoms with Crippen LogP contribution in [-0.4, -0.2) is 53.1 Å². The lowest BCUT2D eigenvalue weighted by molar-refractivity contribution is -0.139. The van der Waals surface area contributed by atoms with Crippen LogP contribution in [0.15, 0.2) is 30.3 Å². The first-order valence-corrected chi connectivity index (χ1v) is 6.76. The molecule has 1 aliphatic rings. The van der Waals surface area contributed by atoms with E-state index in [-0.39, 0.29) is 12.5 Å². The van der Waals surface area contributed by atoms with Crippen LogP contribution in [0.4, 0.5) is 0 Å². The Balaban J connectivity index is 2.00. The summed E-state index contributed by atoms with van der Waals surface area (Å²) < 4.78 is 0. The molecule has 104 valence electrons. The molecule has 0 aromatic heterocycles. The predicted octanol–water partition coefficient (Wildman–Crippen LogP) is 1.67. The van der Waals surface area contributed by atoms with E-state index in [9.17, 15) is 4.79 Å². The van der Waals surface area contributed by atoms with Crippen molar-refractivity contribution < 1.29 is 9.90 Å². The summed E-state index contributed by atoms with van der Waals surface area (Å²) >= 11 is 0. The Kier molecular flexibility index (Phi) is 4.56. The van der Waals surface area contributed by atoms with E-state index < -0.39 is 5.97 Å². The number of nitrogens with zero attached hydrogens (tertiary/aromatic N) is 2. The fraction of sp³-hybridized carbons (Fsp3) is 0.533. The summed E-state index contributed by atoms with van der Waals surface area (Å²) in [5.41, 5.74) is 1.29. The van der Waals surface area contributed by atoms with Crippen LogP contribution < -0.4 is 0 Å². The molecule has 0 unspecified atom stereocenters. The highest BCUT2D eigenvalue weighted by atomic mass is 16.4. The zero-order valence-corrected chi connectivity index (χ0v) is 11.6. The summed E-state index contributed by atoms with van der Waals surface area (Å²) in [6.45, 7) is 4.87. The summed E-state index contributed by atoms with van der Waals surface area (Å²) in [5.74, 6) is -0.717. The second-order valence-corrected chi connectivity index (χ2v) is 5.45. The molecule has 0 aliphatic carbocycles.